The highest BCUT2D eigenvalue weighted by Gasteiger charge is 2.55. The Morgan fingerprint density at radius 2 is 1.76 bits per heavy atom. The number of rotatable bonds is 2. The molecule has 2 aliphatic rings. The molecule has 0 aromatic heterocycles. The third-order valence-electron chi connectivity index (χ3n) is 5.42. The molecule has 0 aliphatic carbocycles. The van der Waals surface area contributed by atoms with E-state index in [2.05, 4.69) is 48.6 Å². The van der Waals surface area contributed by atoms with E-state index >= 15 is 0 Å². The highest BCUT2D eigenvalue weighted by Crippen LogP contribution is 2.49. The van der Waals surface area contributed by atoms with Gasteiger partial charge in [-0.25, -0.2) is 0 Å². The van der Waals surface area contributed by atoms with Gasteiger partial charge in [-0.05, 0) is 18.1 Å². The minimum Gasteiger partial charge on any atom is -0.412 e. The Morgan fingerprint density at radius 3 is 2.24 bits per heavy atom. The second-order valence-electron chi connectivity index (χ2n) is 8.01. The first-order chi connectivity index (χ1) is 9.48. The lowest BCUT2D eigenvalue weighted by molar-refractivity contribution is -0.106. The normalized spacial score (nSPS) is 41.7. The van der Waals surface area contributed by atoms with Crippen molar-refractivity contribution in [2.45, 2.75) is 63.5 Å². The van der Waals surface area contributed by atoms with Gasteiger partial charge in [0, 0.05) is 18.6 Å². The molecule has 21 heavy (non-hydrogen) atoms. The lowest BCUT2D eigenvalue weighted by atomic mass is 9.83. The summed E-state index contributed by atoms with van der Waals surface area (Å²) in [6.45, 7) is 16.9. The van der Waals surface area contributed by atoms with Crippen molar-refractivity contribution in [3.8, 4) is 0 Å². The molecule has 1 spiro atoms. The molecule has 2 fully saturated rings. The molecule has 1 unspecified atom stereocenters. The van der Waals surface area contributed by atoms with Crippen molar-refractivity contribution in [1.82, 2.24) is 0 Å². The van der Waals surface area contributed by atoms with Crippen LogP contribution in [0.5, 0.6) is 0 Å². The first kappa shape index (κ1) is 17.9. The van der Waals surface area contributed by atoms with Crippen molar-refractivity contribution in [2.24, 2.45) is 5.92 Å². The second kappa shape index (κ2) is 5.88. The highest BCUT2D eigenvalue weighted by molar-refractivity contribution is 7.46. The Hall–Kier alpha value is 0.552. The predicted molar refractivity (Wildman–Crippen MR) is 92.1 cm³/mol. The van der Waals surface area contributed by atoms with E-state index < -0.39 is 16.7 Å². The lowest BCUT2D eigenvalue weighted by Gasteiger charge is -2.42. The zero-order chi connectivity index (χ0) is 16.1. The first-order valence-corrected chi connectivity index (χ1v) is 12.4. The van der Waals surface area contributed by atoms with Crippen LogP contribution >= 0.6 is 8.38 Å². The molecule has 2 rings (SSSR count). The maximum atomic E-state index is 6.65. The van der Waals surface area contributed by atoms with Gasteiger partial charge >= 0.3 is 0 Å². The van der Waals surface area contributed by atoms with Crippen molar-refractivity contribution in [2.75, 3.05) is 19.9 Å². The van der Waals surface area contributed by atoms with Gasteiger partial charge in [-0.3, -0.25) is 0 Å². The molecule has 0 bridgehead atoms. The van der Waals surface area contributed by atoms with Gasteiger partial charge < -0.3 is 18.2 Å². The van der Waals surface area contributed by atoms with Gasteiger partial charge in [-0.15, -0.1) is 0 Å². The van der Waals surface area contributed by atoms with E-state index in [1.807, 2.05) is 6.66 Å². The van der Waals surface area contributed by atoms with E-state index in [1.54, 1.807) is 0 Å². The van der Waals surface area contributed by atoms with Crippen LogP contribution in [0.3, 0.4) is 0 Å². The smallest absolute Gasteiger partial charge is 0.192 e. The van der Waals surface area contributed by atoms with E-state index in [0.29, 0.717) is 13.2 Å². The summed E-state index contributed by atoms with van der Waals surface area (Å²) in [6, 6.07) is 0.0857. The predicted octanol–water partition coefficient (Wildman–Crippen LogP) is 2.73. The van der Waals surface area contributed by atoms with Crippen LogP contribution in [0.25, 0.3) is 0 Å². The quantitative estimate of drug-likeness (QED) is 0.576. The molecule has 7 heteroatoms. The molecule has 122 valence electrons. The van der Waals surface area contributed by atoms with Gasteiger partial charge in [0.25, 0.3) is 0 Å². The largest absolute Gasteiger partial charge is 0.412 e. The Labute approximate surface area is 132 Å². The standard InChI is InChI=1S/C14H30BO4PSi/c1-10-11(19-21(6,7)13(2,3)4)12(15)18-14(10)8-16-20(5)17-9-14/h10-12H,8-9,15H2,1-7H3/t10?,11-,12+,14?,20?/m0/s1. The van der Waals surface area contributed by atoms with Gasteiger partial charge in [-0.2, -0.15) is 0 Å². The molecule has 0 saturated carbocycles. The van der Waals surface area contributed by atoms with Crippen LogP contribution in [0.4, 0.5) is 0 Å². The summed E-state index contributed by atoms with van der Waals surface area (Å²) in [5.41, 5.74) is -0.332. The van der Waals surface area contributed by atoms with Crippen LogP contribution in [0.1, 0.15) is 27.7 Å². The fourth-order valence-corrected chi connectivity index (χ4v) is 5.08. The highest BCUT2D eigenvalue weighted by atomic mass is 31.2. The van der Waals surface area contributed by atoms with Crippen molar-refractivity contribution in [3.05, 3.63) is 0 Å². The molecule has 0 radical (unpaired) electrons. The summed E-state index contributed by atoms with van der Waals surface area (Å²) in [5, 5.41) is 0.208. The Kier molecular flexibility index (Phi) is 5.01. The Balaban J connectivity index is 2.12. The number of ether oxygens (including phenoxy) is 1. The summed E-state index contributed by atoms with van der Waals surface area (Å²) < 4.78 is 24.4. The summed E-state index contributed by atoms with van der Waals surface area (Å²) in [6.07, 6.45) is 0.124. The monoisotopic (exact) mass is 332 g/mol. The third kappa shape index (κ3) is 3.41. The van der Waals surface area contributed by atoms with Crippen molar-refractivity contribution < 1.29 is 18.2 Å². The number of hydrogen-bond acceptors (Lipinski definition) is 4. The Bertz CT molecular complexity index is 380. The van der Waals surface area contributed by atoms with Crippen molar-refractivity contribution >= 4 is 24.5 Å². The van der Waals surface area contributed by atoms with Gasteiger partial charge in [0.2, 0.25) is 0 Å². The van der Waals surface area contributed by atoms with Gasteiger partial charge in [0.1, 0.15) is 13.4 Å². The molecular weight excluding hydrogens is 302 g/mol. The molecule has 4 nitrogen and oxygen atoms in total. The zero-order valence-corrected chi connectivity index (χ0v) is 16.6. The molecule has 0 aromatic rings. The van der Waals surface area contributed by atoms with Crippen LogP contribution in [-0.2, 0) is 18.2 Å². The van der Waals surface area contributed by atoms with Crippen LogP contribution in [0.15, 0.2) is 0 Å². The van der Waals surface area contributed by atoms with Crippen LogP contribution in [0, 0.1) is 5.92 Å². The van der Waals surface area contributed by atoms with Gasteiger partial charge in [-0.1, -0.05) is 27.7 Å². The van der Waals surface area contributed by atoms with Gasteiger partial charge in [0.05, 0.1) is 19.3 Å². The molecule has 0 amide bonds. The van der Waals surface area contributed by atoms with E-state index in [4.69, 9.17) is 18.2 Å². The molecule has 3 atom stereocenters. The summed E-state index contributed by atoms with van der Waals surface area (Å²) >= 11 is 0. The van der Waals surface area contributed by atoms with Crippen molar-refractivity contribution in [3.63, 3.8) is 0 Å². The SMILES string of the molecule is B[C@@H]1OC2(COP(C)OC2)C(C)[C@@H]1O[Si](C)(C)C(C)(C)C. The minimum absolute atomic E-state index is 0.0857. The summed E-state index contributed by atoms with van der Waals surface area (Å²) in [5.74, 6) is 0.283. The molecular formula is C14H30BO4PSi. The fraction of sp³-hybridized carbons (Fsp3) is 1.00. The number of hydrogen-bond donors (Lipinski definition) is 0. The van der Waals surface area contributed by atoms with Crippen LogP contribution in [-0.4, -0.2) is 53.8 Å². The summed E-state index contributed by atoms with van der Waals surface area (Å²) in [4.78, 5) is 0. The van der Waals surface area contributed by atoms with E-state index in [1.165, 1.54) is 0 Å². The second-order valence-corrected chi connectivity index (χ2v) is 14.2. The third-order valence-corrected chi connectivity index (χ3v) is 10.9. The van der Waals surface area contributed by atoms with Crippen molar-refractivity contribution in [1.29, 1.82) is 0 Å². The zero-order valence-electron chi connectivity index (χ0n) is 14.7. The molecule has 2 saturated heterocycles. The van der Waals surface area contributed by atoms with E-state index in [0.717, 1.165) is 0 Å². The van der Waals surface area contributed by atoms with Crippen LogP contribution in [0.2, 0.25) is 18.1 Å². The molecule has 2 aliphatic heterocycles. The molecule has 0 N–H and O–H groups in total. The van der Waals surface area contributed by atoms with E-state index in [9.17, 15) is 0 Å². The average Bonchev–Trinajstić information content (AvgIpc) is 2.57. The average molecular weight is 332 g/mol. The molecule has 2 heterocycles. The lowest BCUT2D eigenvalue weighted by Crippen LogP contribution is -2.50. The van der Waals surface area contributed by atoms with Crippen LogP contribution < -0.4 is 0 Å². The first-order valence-electron chi connectivity index (χ1n) is 7.84. The van der Waals surface area contributed by atoms with Gasteiger partial charge in [0.15, 0.2) is 16.7 Å². The fourth-order valence-electron chi connectivity index (χ4n) is 2.78. The summed E-state index contributed by atoms with van der Waals surface area (Å²) in [7, 11) is -0.426. The maximum absolute atomic E-state index is 6.65. The molecule has 0 aromatic carbocycles. The van der Waals surface area contributed by atoms with E-state index in [-0.39, 0.29) is 28.7 Å². The maximum Gasteiger partial charge on any atom is 0.192 e. The minimum atomic E-state index is -1.80. The topological polar surface area (TPSA) is 36.9 Å². The Morgan fingerprint density at radius 1 is 1.24 bits per heavy atom.